The number of aryl methyl sites for hydroxylation is 1. The van der Waals surface area contributed by atoms with E-state index in [0.717, 1.165) is 5.38 Å². The van der Waals surface area contributed by atoms with E-state index in [-0.39, 0.29) is 21.5 Å². The fraction of sp³-hybridized carbons (Fsp3) is 0.143. The summed E-state index contributed by atoms with van der Waals surface area (Å²) in [5.74, 6) is 0.0518. The summed E-state index contributed by atoms with van der Waals surface area (Å²) in [7, 11) is 0. The highest BCUT2D eigenvalue weighted by molar-refractivity contribution is 7.11. The predicted molar refractivity (Wildman–Crippen MR) is 79.4 cm³/mol. The van der Waals surface area contributed by atoms with E-state index in [2.05, 4.69) is 4.98 Å². The van der Waals surface area contributed by atoms with E-state index in [1.165, 1.54) is 18.2 Å². The molecule has 0 saturated carbocycles. The smallest absolute Gasteiger partial charge is 0.429 e. The molecule has 2 heterocycles. The molecule has 4 nitrogen and oxygen atoms in total. The molecule has 0 atom stereocenters. The molecule has 9 heteroatoms. The minimum absolute atomic E-state index is 0.0518. The second-order valence-electron chi connectivity index (χ2n) is 4.63. The minimum Gasteiger partial charge on any atom is -0.429 e. The maximum absolute atomic E-state index is 12.5. The van der Waals surface area contributed by atoms with Gasteiger partial charge in [0.15, 0.2) is 11.4 Å². The van der Waals surface area contributed by atoms with Gasteiger partial charge in [-0.2, -0.15) is 18.2 Å². The number of halogens is 4. The summed E-state index contributed by atoms with van der Waals surface area (Å²) in [4.78, 5) is 14.8. The Morgan fingerprint density at radius 1 is 1.30 bits per heavy atom. The van der Waals surface area contributed by atoms with E-state index < -0.39 is 17.5 Å². The fourth-order valence-electron chi connectivity index (χ4n) is 1.93. The molecule has 23 heavy (non-hydrogen) atoms. The van der Waals surface area contributed by atoms with Crippen molar-refractivity contribution in [3.8, 4) is 10.9 Å². The van der Waals surface area contributed by atoms with Crippen LogP contribution in [0.1, 0.15) is 11.3 Å². The van der Waals surface area contributed by atoms with E-state index in [9.17, 15) is 18.0 Å². The van der Waals surface area contributed by atoms with Gasteiger partial charge in [0.05, 0.1) is 5.02 Å². The number of fused-ring (bicyclic) bond motifs is 1. The normalized spacial score (nSPS) is 11.9. The lowest BCUT2D eigenvalue weighted by molar-refractivity contribution is -0.140. The zero-order valence-electron chi connectivity index (χ0n) is 11.4. The summed E-state index contributed by atoms with van der Waals surface area (Å²) in [6.45, 7) is 1.71. The van der Waals surface area contributed by atoms with Crippen LogP contribution in [0.3, 0.4) is 0 Å². The molecule has 120 valence electrons. The highest BCUT2D eigenvalue weighted by atomic mass is 35.5. The minimum atomic E-state index is -4.55. The van der Waals surface area contributed by atoms with Crippen LogP contribution in [0, 0.1) is 6.92 Å². The number of aromatic nitrogens is 1. The van der Waals surface area contributed by atoms with Crippen LogP contribution in [0.15, 0.2) is 32.8 Å². The number of hydrogen-bond acceptors (Lipinski definition) is 5. The molecule has 0 N–H and O–H groups in total. The van der Waals surface area contributed by atoms with Gasteiger partial charge < -0.3 is 9.15 Å². The van der Waals surface area contributed by atoms with Gasteiger partial charge >= 0.3 is 11.8 Å². The molecule has 0 fully saturated rings. The van der Waals surface area contributed by atoms with Gasteiger partial charge in [0.1, 0.15) is 5.58 Å². The molecular formula is C14H7ClF3NO3S. The van der Waals surface area contributed by atoms with Gasteiger partial charge in [-0.15, -0.1) is 0 Å². The summed E-state index contributed by atoms with van der Waals surface area (Å²) in [5.41, 5.74) is -0.700. The van der Waals surface area contributed by atoms with Gasteiger partial charge in [0.25, 0.3) is 5.19 Å². The van der Waals surface area contributed by atoms with Crippen molar-refractivity contribution in [1.29, 1.82) is 0 Å². The van der Waals surface area contributed by atoms with Crippen LogP contribution in [0.25, 0.3) is 11.0 Å². The first-order valence-electron chi connectivity index (χ1n) is 6.18. The van der Waals surface area contributed by atoms with Crippen LogP contribution in [-0.4, -0.2) is 4.98 Å². The maximum atomic E-state index is 12.5. The van der Waals surface area contributed by atoms with Crippen LogP contribution in [0.2, 0.25) is 5.02 Å². The molecule has 3 aromatic rings. The van der Waals surface area contributed by atoms with Crippen LogP contribution in [-0.2, 0) is 6.18 Å². The lowest BCUT2D eigenvalue weighted by Gasteiger charge is -2.07. The summed E-state index contributed by atoms with van der Waals surface area (Å²) in [5, 5.41) is 1.40. The Morgan fingerprint density at radius 2 is 2.04 bits per heavy atom. The fourth-order valence-corrected chi connectivity index (χ4v) is 2.82. The third kappa shape index (κ3) is 3.18. The molecule has 0 spiro atoms. The highest BCUT2D eigenvalue weighted by Crippen LogP contribution is 2.37. The van der Waals surface area contributed by atoms with E-state index in [4.69, 9.17) is 20.8 Å². The second kappa shape index (κ2) is 5.54. The zero-order valence-corrected chi connectivity index (χ0v) is 13.0. The molecule has 0 bridgehead atoms. The van der Waals surface area contributed by atoms with E-state index in [1.807, 2.05) is 0 Å². The van der Waals surface area contributed by atoms with Gasteiger partial charge in [-0.3, -0.25) is 0 Å². The molecule has 0 unspecified atom stereocenters. The van der Waals surface area contributed by atoms with Crippen molar-refractivity contribution in [2.24, 2.45) is 0 Å². The largest absolute Gasteiger partial charge is 0.434 e. The van der Waals surface area contributed by atoms with Gasteiger partial charge in [-0.1, -0.05) is 22.9 Å². The Balaban J connectivity index is 2.01. The standard InChI is InChI=1S/C14H7ClF3NO3S/c1-6-2-12(20)21-9-4-10(8(15)3-7(6)9)22-13-19-11(5-23-13)14(16,17)18/h2-5H,1H3. The average Bonchev–Trinajstić information content (AvgIpc) is 2.89. The van der Waals surface area contributed by atoms with Crippen LogP contribution in [0.5, 0.6) is 10.9 Å². The Kier molecular flexibility index (Phi) is 3.81. The molecule has 0 aliphatic heterocycles. The van der Waals surface area contributed by atoms with Crippen molar-refractivity contribution in [3.63, 3.8) is 0 Å². The van der Waals surface area contributed by atoms with Crippen LogP contribution < -0.4 is 10.4 Å². The van der Waals surface area contributed by atoms with Gasteiger partial charge in [0, 0.05) is 22.9 Å². The first-order valence-corrected chi connectivity index (χ1v) is 7.44. The number of rotatable bonds is 2. The average molecular weight is 362 g/mol. The number of ether oxygens (including phenoxy) is 1. The van der Waals surface area contributed by atoms with E-state index >= 15 is 0 Å². The third-order valence-electron chi connectivity index (χ3n) is 2.97. The summed E-state index contributed by atoms with van der Waals surface area (Å²) in [6.07, 6.45) is -4.55. The first kappa shape index (κ1) is 15.8. The number of alkyl halides is 3. The van der Waals surface area contributed by atoms with Crippen LogP contribution >= 0.6 is 22.9 Å². The Labute approximate surface area is 136 Å². The second-order valence-corrected chi connectivity index (χ2v) is 5.85. The monoisotopic (exact) mass is 361 g/mol. The predicted octanol–water partition coefficient (Wildman–Crippen LogP) is 5.02. The molecule has 3 rings (SSSR count). The summed E-state index contributed by atoms with van der Waals surface area (Å²) in [6, 6.07) is 4.18. The van der Waals surface area contributed by atoms with Crippen molar-refractivity contribution in [1.82, 2.24) is 4.98 Å². The summed E-state index contributed by atoms with van der Waals surface area (Å²) < 4.78 is 47.9. The zero-order chi connectivity index (χ0) is 16.8. The van der Waals surface area contributed by atoms with E-state index in [1.54, 1.807) is 6.92 Å². The quantitative estimate of drug-likeness (QED) is 0.601. The van der Waals surface area contributed by atoms with Crippen molar-refractivity contribution in [2.75, 3.05) is 0 Å². The van der Waals surface area contributed by atoms with E-state index in [0.29, 0.717) is 22.3 Å². The van der Waals surface area contributed by atoms with Crippen molar-refractivity contribution >= 4 is 33.9 Å². The molecule has 0 saturated heterocycles. The van der Waals surface area contributed by atoms with Crippen LogP contribution in [0.4, 0.5) is 13.2 Å². The third-order valence-corrected chi connectivity index (χ3v) is 3.99. The molecule has 0 amide bonds. The Morgan fingerprint density at radius 3 is 2.70 bits per heavy atom. The van der Waals surface area contributed by atoms with Crippen molar-refractivity contribution in [2.45, 2.75) is 13.1 Å². The molecular weight excluding hydrogens is 355 g/mol. The Bertz CT molecular complexity index is 949. The number of hydrogen-bond donors (Lipinski definition) is 0. The molecule has 0 aliphatic rings. The van der Waals surface area contributed by atoms with Gasteiger partial charge in [0.2, 0.25) is 0 Å². The molecule has 2 aromatic heterocycles. The molecule has 0 radical (unpaired) electrons. The molecule has 0 aliphatic carbocycles. The number of benzene rings is 1. The SMILES string of the molecule is Cc1cc(=O)oc2cc(Oc3nc(C(F)(F)F)cs3)c(Cl)cc12. The molecule has 1 aromatic carbocycles. The topological polar surface area (TPSA) is 52.3 Å². The van der Waals surface area contributed by atoms with Gasteiger partial charge in [-0.25, -0.2) is 4.79 Å². The number of nitrogens with zero attached hydrogens (tertiary/aromatic N) is 1. The highest BCUT2D eigenvalue weighted by Gasteiger charge is 2.34. The number of thiazole rings is 1. The summed E-state index contributed by atoms with van der Waals surface area (Å²) >= 11 is 6.76. The van der Waals surface area contributed by atoms with Crippen molar-refractivity contribution < 1.29 is 22.3 Å². The lowest BCUT2D eigenvalue weighted by atomic mass is 10.1. The first-order chi connectivity index (χ1) is 10.7. The Hall–Kier alpha value is -2.06. The van der Waals surface area contributed by atoms with Crippen molar-refractivity contribution in [3.05, 3.63) is 50.3 Å². The lowest BCUT2D eigenvalue weighted by Crippen LogP contribution is -2.04. The maximum Gasteiger partial charge on any atom is 0.434 e. The van der Waals surface area contributed by atoms with Gasteiger partial charge in [-0.05, 0) is 18.6 Å².